The van der Waals surface area contributed by atoms with E-state index in [0.717, 1.165) is 10.2 Å². The second kappa shape index (κ2) is 9.69. The number of carbonyl (C=O) groups excluding carboxylic acids is 3. The van der Waals surface area contributed by atoms with E-state index in [0.29, 0.717) is 22.7 Å². The number of ketones is 1. The molecule has 1 aromatic heterocycles. The van der Waals surface area contributed by atoms with Crippen molar-refractivity contribution in [2.24, 2.45) is 7.05 Å². The van der Waals surface area contributed by atoms with Gasteiger partial charge in [0.2, 0.25) is 0 Å². The van der Waals surface area contributed by atoms with Crippen molar-refractivity contribution in [1.29, 1.82) is 0 Å². The van der Waals surface area contributed by atoms with E-state index >= 15 is 0 Å². The molecule has 9 heteroatoms. The van der Waals surface area contributed by atoms with Gasteiger partial charge in [-0.05, 0) is 39.0 Å². The molecule has 2 rings (SSSR count). The third-order valence-electron chi connectivity index (χ3n) is 4.45. The van der Waals surface area contributed by atoms with Gasteiger partial charge in [-0.1, -0.05) is 15.9 Å². The molecule has 0 aliphatic carbocycles. The molecule has 0 saturated carbocycles. The van der Waals surface area contributed by atoms with Crippen LogP contribution in [0.15, 0.2) is 22.7 Å². The molecule has 1 atom stereocenters. The number of Topliss-reactive ketones (excluding diaryl/α,β-unsaturated/α-hetero) is 1. The summed E-state index contributed by atoms with van der Waals surface area (Å²) in [5.74, 6) is -0.910. The molecule has 1 aromatic carbocycles. The Morgan fingerprint density at radius 2 is 1.93 bits per heavy atom. The lowest BCUT2D eigenvalue weighted by Crippen LogP contribution is -2.30. The number of aryl methyl sites for hydroxylation is 2. The Kier molecular flexibility index (Phi) is 7.55. The summed E-state index contributed by atoms with van der Waals surface area (Å²) in [6.45, 7) is 5.09. The van der Waals surface area contributed by atoms with Gasteiger partial charge in [0.15, 0.2) is 11.9 Å². The van der Waals surface area contributed by atoms with Crippen molar-refractivity contribution in [1.82, 2.24) is 9.78 Å². The van der Waals surface area contributed by atoms with Crippen LogP contribution in [-0.4, -0.2) is 40.7 Å². The molecule has 156 valence electrons. The van der Waals surface area contributed by atoms with Gasteiger partial charge in [-0.15, -0.1) is 0 Å². The number of anilines is 1. The summed E-state index contributed by atoms with van der Waals surface area (Å²) < 4.78 is 12.7. The van der Waals surface area contributed by atoms with Crippen LogP contribution >= 0.6 is 15.9 Å². The standard InChI is InChI=1S/C20H24BrN3O5/c1-11-19(12(2)24(4)23-11)22-20(27)13(3)29-18(26)9-7-16(25)15-10-14(21)6-8-17(15)28-5/h6,8,10,13H,7,9H2,1-5H3,(H,22,27). The third-order valence-corrected chi connectivity index (χ3v) is 4.95. The Morgan fingerprint density at radius 3 is 2.52 bits per heavy atom. The van der Waals surface area contributed by atoms with Gasteiger partial charge in [0.25, 0.3) is 5.91 Å². The maximum absolute atomic E-state index is 12.4. The number of nitrogens with one attached hydrogen (secondary N) is 1. The van der Waals surface area contributed by atoms with E-state index in [1.54, 1.807) is 36.9 Å². The van der Waals surface area contributed by atoms with Crippen LogP contribution in [0.5, 0.6) is 5.75 Å². The van der Waals surface area contributed by atoms with E-state index in [4.69, 9.17) is 9.47 Å². The van der Waals surface area contributed by atoms with Crippen molar-refractivity contribution in [3.8, 4) is 5.75 Å². The maximum atomic E-state index is 12.4. The first-order chi connectivity index (χ1) is 13.6. The molecule has 0 aliphatic rings. The van der Waals surface area contributed by atoms with Crippen molar-refractivity contribution < 1.29 is 23.9 Å². The molecule has 8 nitrogen and oxygen atoms in total. The fourth-order valence-corrected chi connectivity index (χ4v) is 3.10. The molecule has 0 saturated heterocycles. The third kappa shape index (κ3) is 5.66. The van der Waals surface area contributed by atoms with E-state index in [2.05, 4.69) is 26.3 Å². The highest BCUT2D eigenvalue weighted by molar-refractivity contribution is 9.10. The molecule has 0 aliphatic heterocycles. The second-order valence-corrected chi connectivity index (χ2v) is 7.47. The van der Waals surface area contributed by atoms with Crippen LogP contribution in [0.3, 0.4) is 0 Å². The maximum Gasteiger partial charge on any atom is 0.307 e. The number of hydrogen-bond donors (Lipinski definition) is 1. The summed E-state index contributed by atoms with van der Waals surface area (Å²) in [6, 6.07) is 5.07. The summed E-state index contributed by atoms with van der Waals surface area (Å²) in [7, 11) is 3.25. The van der Waals surface area contributed by atoms with Crippen LogP contribution in [-0.2, 0) is 21.4 Å². The number of nitrogens with zero attached hydrogens (tertiary/aromatic N) is 2. The normalized spacial score (nSPS) is 11.7. The predicted molar refractivity (Wildman–Crippen MR) is 111 cm³/mol. The zero-order valence-electron chi connectivity index (χ0n) is 17.0. The van der Waals surface area contributed by atoms with Gasteiger partial charge in [0.05, 0.1) is 36.2 Å². The minimum Gasteiger partial charge on any atom is -0.496 e. The molecule has 29 heavy (non-hydrogen) atoms. The number of aromatic nitrogens is 2. The van der Waals surface area contributed by atoms with Crippen molar-refractivity contribution in [3.63, 3.8) is 0 Å². The minimum absolute atomic E-state index is 0.0548. The largest absolute Gasteiger partial charge is 0.496 e. The predicted octanol–water partition coefficient (Wildman–Crippen LogP) is 3.34. The van der Waals surface area contributed by atoms with E-state index in [1.165, 1.54) is 14.0 Å². The molecule has 1 amide bonds. The second-order valence-electron chi connectivity index (χ2n) is 6.56. The Labute approximate surface area is 177 Å². The average Bonchev–Trinajstić information content (AvgIpc) is 2.91. The number of esters is 1. The highest BCUT2D eigenvalue weighted by atomic mass is 79.9. The van der Waals surface area contributed by atoms with Crippen molar-refractivity contribution in [3.05, 3.63) is 39.6 Å². The first-order valence-corrected chi connectivity index (χ1v) is 9.80. The fourth-order valence-electron chi connectivity index (χ4n) is 2.74. The number of halogens is 1. The number of carbonyl (C=O) groups is 3. The highest BCUT2D eigenvalue weighted by Gasteiger charge is 2.22. The number of benzene rings is 1. The Hall–Kier alpha value is -2.68. The molecule has 0 fully saturated rings. The smallest absolute Gasteiger partial charge is 0.307 e. The number of hydrogen-bond acceptors (Lipinski definition) is 6. The fraction of sp³-hybridized carbons (Fsp3) is 0.400. The Bertz CT molecular complexity index is 938. The lowest BCUT2D eigenvalue weighted by molar-refractivity contribution is -0.153. The zero-order chi connectivity index (χ0) is 21.7. The van der Waals surface area contributed by atoms with Crippen LogP contribution in [0.1, 0.15) is 41.5 Å². The molecule has 1 N–H and O–H groups in total. The molecule has 0 radical (unpaired) electrons. The van der Waals surface area contributed by atoms with Gasteiger partial charge >= 0.3 is 5.97 Å². The van der Waals surface area contributed by atoms with Crippen molar-refractivity contribution in [2.75, 3.05) is 12.4 Å². The summed E-state index contributed by atoms with van der Waals surface area (Å²) in [6.07, 6.45) is -1.20. The number of methoxy groups -OCH3 is 1. The van der Waals surface area contributed by atoms with E-state index in [1.807, 2.05) is 6.92 Å². The van der Waals surface area contributed by atoms with Crippen LogP contribution in [0, 0.1) is 13.8 Å². The van der Waals surface area contributed by atoms with Crippen molar-refractivity contribution >= 4 is 39.3 Å². The lowest BCUT2D eigenvalue weighted by Gasteiger charge is -2.14. The lowest BCUT2D eigenvalue weighted by atomic mass is 10.1. The topological polar surface area (TPSA) is 99.5 Å². The molecular formula is C20H24BrN3O5. The number of ether oxygens (including phenoxy) is 2. The van der Waals surface area contributed by atoms with Crippen molar-refractivity contribution in [2.45, 2.75) is 39.7 Å². The van der Waals surface area contributed by atoms with Crippen LogP contribution in [0.2, 0.25) is 0 Å². The minimum atomic E-state index is -1.00. The number of amides is 1. The first kappa shape index (κ1) is 22.6. The monoisotopic (exact) mass is 465 g/mol. The average molecular weight is 466 g/mol. The van der Waals surface area contributed by atoms with Gasteiger partial charge in [-0.3, -0.25) is 19.1 Å². The van der Waals surface area contributed by atoms with Crippen LogP contribution in [0.25, 0.3) is 0 Å². The highest BCUT2D eigenvalue weighted by Crippen LogP contribution is 2.25. The van der Waals surface area contributed by atoms with E-state index < -0.39 is 18.0 Å². The molecule has 1 unspecified atom stereocenters. The van der Waals surface area contributed by atoms with E-state index in [-0.39, 0.29) is 18.6 Å². The zero-order valence-corrected chi connectivity index (χ0v) is 18.6. The molecule has 2 aromatic rings. The van der Waals surface area contributed by atoms with Gasteiger partial charge in [0.1, 0.15) is 5.75 Å². The van der Waals surface area contributed by atoms with E-state index in [9.17, 15) is 14.4 Å². The van der Waals surface area contributed by atoms with Gasteiger partial charge < -0.3 is 14.8 Å². The Balaban J connectivity index is 1.91. The summed E-state index contributed by atoms with van der Waals surface area (Å²) >= 11 is 3.31. The van der Waals surface area contributed by atoms with Gasteiger partial charge in [-0.25, -0.2) is 0 Å². The van der Waals surface area contributed by atoms with Gasteiger partial charge in [0, 0.05) is 17.9 Å². The summed E-state index contributed by atoms with van der Waals surface area (Å²) in [5, 5.41) is 6.95. The number of rotatable bonds is 8. The SMILES string of the molecule is COc1ccc(Br)cc1C(=O)CCC(=O)OC(C)C(=O)Nc1c(C)nn(C)c1C. The van der Waals surface area contributed by atoms with Crippen LogP contribution < -0.4 is 10.1 Å². The molecule has 0 spiro atoms. The van der Waals surface area contributed by atoms with Crippen LogP contribution in [0.4, 0.5) is 5.69 Å². The Morgan fingerprint density at radius 1 is 1.24 bits per heavy atom. The molecule has 1 heterocycles. The summed E-state index contributed by atoms with van der Waals surface area (Å²) in [5.41, 5.74) is 2.44. The first-order valence-electron chi connectivity index (χ1n) is 9.01. The summed E-state index contributed by atoms with van der Waals surface area (Å²) in [4.78, 5) is 36.8. The molecule has 0 bridgehead atoms. The van der Waals surface area contributed by atoms with Gasteiger partial charge in [-0.2, -0.15) is 5.10 Å². The molecular weight excluding hydrogens is 442 g/mol. The quantitative estimate of drug-likeness (QED) is 0.473.